The molecule has 0 saturated carbocycles. The first kappa shape index (κ1) is 5.53. The van der Waals surface area contributed by atoms with Crippen molar-refractivity contribution in [1.29, 1.82) is 0 Å². The first-order valence-corrected chi connectivity index (χ1v) is 2.37. The maximum absolute atomic E-state index is 9.62. The van der Waals surface area contributed by atoms with Gasteiger partial charge in [0.05, 0.1) is 6.61 Å². The van der Waals surface area contributed by atoms with Crippen LogP contribution in [-0.4, -0.2) is 26.0 Å². The van der Waals surface area contributed by atoms with E-state index in [0.29, 0.717) is 13.1 Å². The lowest BCUT2D eigenvalue weighted by Crippen LogP contribution is -2.24. The van der Waals surface area contributed by atoms with Gasteiger partial charge in [0.1, 0.15) is 0 Å². The summed E-state index contributed by atoms with van der Waals surface area (Å²) in [5.41, 5.74) is 0. The average Bonchev–Trinajstić information content (AvgIpc) is 2.19. The molecule has 1 aliphatic rings. The number of carbonyl (C=O) groups is 1. The van der Waals surface area contributed by atoms with Gasteiger partial charge in [0.2, 0.25) is 0 Å². The molecule has 0 amide bonds. The van der Waals surface area contributed by atoms with E-state index < -0.39 is 6.41 Å². The molecule has 0 aromatic carbocycles. The minimum atomic E-state index is -0.507. The highest BCUT2D eigenvalue weighted by Crippen LogP contribution is 1.93. The van der Waals surface area contributed by atoms with Crippen molar-refractivity contribution in [2.75, 3.05) is 13.2 Å². The third-order valence-corrected chi connectivity index (χ3v) is 0.861. The highest BCUT2D eigenvalue weighted by molar-refractivity contribution is 5.37. The summed E-state index contributed by atoms with van der Waals surface area (Å²) in [4.78, 5) is 9.62. The fourth-order valence-electron chi connectivity index (χ4n) is 0.540. The zero-order valence-electron chi connectivity index (χ0n) is 4.29. The Morgan fingerprint density at radius 1 is 1.88 bits per heavy atom. The average molecular weight is 117 g/mol. The first-order chi connectivity index (χ1) is 3.93. The van der Waals surface area contributed by atoms with Crippen molar-refractivity contribution in [3.63, 3.8) is 0 Å². The van der Waals surface area contributed by atoms with Crippen molar-refractivity contribution in [2.45, 2.75) is 6.41 Å². The van der Waals surface area contributed by atoms with Gasteiger partial charge in [0.25, 0.3) is 12.9 Å². The molecule has 0 unspecified atom stereocenters. The molecular formula is C4H7NO3. The van der Waals surface area contributed by atoms with Gasteiger partial charge < -0.3 is 9.47 Å². The molecule has 1 rings (SSSR count). The molecule has 4 nitrogen and oxygen atoms in total. The molecule has 1 heterocycles. The zero-order valence-corrected chi connectivity index (χ0v) is 4.29. The fraction of sp³-hybridized carbons (Fsp3) is 0.750. The number of nitrogens with one attached hydrogen (secondary N) is 1. The van der Waals surface area contributed by atoms with Crippen LogP contribution in [0, 0.1) is 0 Å². The van der Waals surface area contributed by atoms with Gasteiger partial charge in [-0.25, -0.2) is 0 Å². The van der Waals surface area contributed by atoms with Gasteiger partial charge in [0, 0.05) is 6.54 Å². The van der Waals surface area contributed by atoms with Gasteiger partial charge in [-0.3, -0.25) is 10.1 Å². The van der Waals surface area contributed by atoms with E-state index in [2.05, 4.69) is 10.1 Å². The number of carbonyl (C=O) groups excluding carboxylic acids is 1. The molecule has 0 aromatic rings. The van der Waals surface area contributed by atoms with E-state index in [-0.39, 0.29) is 0 Å². The summed E-state index contributed by atoms with van der Waals surface area (Å²) in [7, 11) is 0. The molecule has 0 aromatic heterocycles. The summed E-state index contributed by atoms with van der Waals surface area (Å²) in [6.07, 6.45) is -0.507. The van der Waals surface area contributed by atoms with E-state index in [1.807, 2.05) is 0 Å². The summed E-state index contributed by atoms with van der Waals surface area (Å²) < 4.78 is 9.22. The van der Waals surface area contributed by atoms with Crippen molar-refractivity contribution < 1.29 is 14.3 Å². The van der Waals surface area contributed by atoms with Crippen LogP contribution < -0.4 is 5.32 Å². The predicted octanol–water partition coefficient (Wildman–Crippen LogP) is -0.937. The van der Waals surface area contributed by atoms with Crippen LogP contribution in [0.15, 0.2) is 0 Å². The van der Waals surface area contributed by atoms with Gasteiger partial charge in [-0.15, -0.1) is 0 Å². The standard InChI is InChI=1S/C4H7NO3/c6-3-8-4-5-1-2-7-4/h3-5H,1-2H2/t4-/m1/s1. The van der Waals surface area contributed by atoms with Crippen molar-refractivity contribution in [3.8, 4) is 0 Å². The van der Waals surface area contributed by atoms with Crippen molar-refractivity contribution in [2.24, 2.45) is 0 Å². The molecule has 1 aliphatic heterocycles. The van der Waals surface area contributed by atoms with E-state index in [9.17, 15) is 4.79 Å². The van der Waals surface area contributed by atoms with Crippen molar-refractivity contribution in [3.05, 3.63) is 0 Å². The second-order valence-corrected chi connectivity index (χ2v) is 1.39. The molecule has 1 saturated heterocycles. The largest absolute Gasteiger partial charge is 0.424 e. The van der Waals surface area contributed by atoms with Gasteiger partial charge in [-0.1, -0.05) is 0 Å². The molecule has 1 fully saturated rings. The Morgan fingerprint density at radius 3 is 3.25 bits per heavy atom. The van der Waals surface area contributed by atoms with E-state index in [1.165, 1.54) is 0 Å². The van der Waals surface area contributed by atoms with Crippen LogP contribution in [0.2, 0.25) is 0 Å². The third kappa shape index (κ3) is 1.18. The monoisotopic (exact) mass is 117 g/mol. The summed E-state index contributed by atoms with van der Waals surface area (Å²) in [6.45, 7) is 1.72. The topological polar surface area (TPSA) is 47.6 Å². The lowest BCUT2D eigenvalue weighted by Gasteiger charge is -2.04. The molecular weight excluding hydrogens is 110 g/mol. The number of rotatable bonds is 2. The van der Waals surface area contributed by atoms with Crippen molar-refractivity contribution in [1.82, 2.24) is 5.32 Å². The molecule has 4 heteroatoms. The Labute approximate surface area is 46.8 Å². The lowest BCUT2D eigenvalue weighted by molar-refractivity contribution is -0.157. The Hall–Kier alpha value is -0.610. The smallest absolute Gasteiger partial charge is 0.296 e. The van der Waals surface area contributed by atoms with E-state index in [1.54, 1.807) is 0 Å². The normalized spacial score (nSPS) is 27.8. The van der Waals surface area contributed by atoms with E-state index in [0.717, 1.165) is 6.54 Å². The van der Waals surface area contributed by atoms with Gasteiger partial charge in [0.15, 0.2) is 0 Å². The molecule has 0 aliphatic carbocycles. The van der Waals surface area contributed by atoms with Crippen LogP contribution in [0.5, 0.6) is 0 Å². The van der Waals surface area contributed by atoms with Gasteiger partial charge in [-0.05, 0) is 0 Å². The molecule has 1 N–H and O–H groups in total. The Bertz CT molecular complexity index is 79.4. The van der Waals surface area contributed by atoms with Crippen LogP contribution in [0.1, 0.15) is 0 Å². The van der Waals surface area contributed by atoms with Crippen molar-refractivity contribution >= 4 is 6.47 Å². The minimum Gasteiger partial charge on any atom is -0.424 e. The summed E-state index contributed by atoms with van der Waals surface area (Å²) in [5.74, 6) is 0. The fourth-order valence-corrected chi connectivity index (χ4v) is 0.540. The minimum absolute atomic E-state index is 0.364. The summed E-state index contributed by atoms with van der Waals surface area (Å²) in [6, 6.07) is 0. The Morgan fingerprint density at radius 2 is 2.75 bits per heavy atom. The van der Waals surface area contributed by atoms with Gasteiger partial charge in [-0.2, -0.15) is 0 Å². The molecule has 0 spiro atoms. The number of hydrogen-bond donors (Lipinski definition) is 1. The highest BCUT2D eigenvalue weighted by atomic mass is 16.7. The Balaban J connectivity index is 2.14. The second kappa shape index (κ2) is 2.64. The summed E-state index contributed by atoms with van der Waals surface area (Å²) >= 11 is 0. The maximum atomic E-state index is 9.62. The third-order valence-electron chi connectivity index (χ3n) is 0.861. The van der Waals surface area contributed by atoms with Crippen LogP contribution in [0.3, 0.4) is 0 Å². The molecule has 0 radical (unpaired) electrons. The summed E-state index contributed by atoms with van der Waals surface area (Å²) in [5, 5.41) is 2.78. The first-order valence-electron chi connectivity index (χ1n) is 2.37. The highest BCUT2D eigenvalue weighted by Gasteiger charge is 2.13. The Kier molecular flexibility index (Phi) is 1.82. The van der Waals surface area contributed by atoms with Crippen LogP contribution >= 0.6 is 0 Å². The SMILES string of the molecule is O=CO[C@@H]1NCCO1. The molecule has 1 atom stereocenters. The van der Waals surface area contributed by atoms with Gasteiger partial charge >= 0.3 is 0 Å². The maximum Gasteiger partial charge on any atom is 0.296 e. The van der Waals surface area contributed by atoms with Crippen LogP contribution in [-0.2, 0) is 14.3 Å². The predicted molar refractivity (Wildman–Crippen MR) is 24.9 cm³/mol. The molecule has 8 heavy (non-hydrogen) atoms. The van der Waals surface area contributed by atoms with Crippen LogP contribution in [0.4, 0.5) is 0 Å². The lowest BCUT2D eigenvalue weighted by atomic mass is 10.7. The number of ether oxygens (including phenoxy) is 2. The van der Waals surface area contributed by atoms with Crippen LogP contribution in [0.25, 0.3) is 0 Å². The van der Waals surface area contributed by atoms with E-state index in [4.69, 9.17) is 4.74 Å². The quantitative estimate of drug-likeness (QED) is 0.474. The second-order valence-electron chi connectivity index (χ2n) is 1.39. The van der Waals surface area contributed by atoms with E-state index >= 15 is 0 Å². The zero-order chi connectivity index (χ0) is 5.82. The molecule has 0 bridgehead atoms. The number of hydrogen-bond acceptors (Lipinski definition) is 4. The molecule has 46 valence electrons.